The predicted molar refractivity (Wildman–Crippen MR) is 86.4 cm³/mol. The monoisotopic (exact) mass is 284 g/mol. The minimum atomic E-state index is 0.133. The van der Waals surface area contributed by atoms with Crippen LogP contribution in [-0.2, 0) is 13.1 Å². The third-order valence-corrected chi connectivity index (χ3v) is 4.08. The molecule has 0 amide bonds. The molecule has 3 rings (SSSR count). The largest absolute Gasteiger partial charge is 0.369 e. The van der Waals surface area contributed by atoms with Crippen molar-refractivity contribution in [1.82, 2.24) is 14.9 Å². The molecular formula is C17H24N4. The van der Waals surface area contributed by atoms with Crippen molar-refractivity contribution in [1.29, 1.82) is 0 Å². The minimum Gasteiger partial charge on any atom is -0.369 e. The average molecular weight is 284 g/mol. The van der Waals surface area contributed by atoms with Crippen LogP contribution in [-0.4, -0.2) is 28.2 Å². The van der Waals surface area contributed by atoms with Gasteiger partial charge in [-0.05, 0) is 31.9 Å². The zero-order valence-corrected chi connectivity index (χ0v) is 12.9. The SMILES string of the molecule is CC1(C)CN(CCCn2ccnc2)c2ccccc2CN1. The molecule has 1 N–H and O–H groups in total. The van der Waals surface area contributed by atoms with E-state index in [9.17, 15) is 0 Å². The summed E-state index contributed by atoms with van der Waals surface area (Å²) in [7, 11) is 0. The maximum absolute atomic E-state index is 4.10. The molecule has 2 heterocycles. The molecule has 2 aromatic rings. The highest BCUT2D eigenvalue weighted by atomic mass is 15.2. The summed E-state index contributed by atoms with van der Waals surface area (Å²) in [5, 5.41) is 3.65. The lowest BCUT2D eigenvalue weighted by Crippen LogP contribution is -2.47. The van der Waals surface area contributed by atoms with Crippen LogP contribution < -0.4 is 10.2 Å². The Balaban J connectivity index is 1.71. The van der Waals surface area contributed by atoms with E-state index in [1.54, 1.807) is 0 Å². The fourth-order valence-corrected chi connectivity index (χ4v) is 2.98. The Bertz CT molecular complexity index is 574. The maximum atomic E-state index is 4.10. The number of nitrogens with one attached hydrogen (secondary N) is 1. The molecule has 0 aliphatic carbocycles. The number of rotatable bonds is 4. The highest BCUT2D eigenvalue weighted by Crippen LogP contribution is 2.26. The van der Waals surface area contributed by atoms with Crippen LogP contribution in [0.1, 0.15) is 25.8 Å². The molecule has 1 aromatic carbocycles. The van der Waals surface area contributed by atoms with Crippen molar-refractivity contribution in [2.75, 3.05) is 18.0 Å². The Kier molecular flexibility index (Phi) is 3.97. The molecule has 0 saturated heterocycles. The number of imidazole rings is 1. The van der Waals surface area contributed by atoms with Crippen molar-refractivity contribution in [3.8, 4) is 0 Å². The van der Waals surface area contributed by atoms with Gasteiger partial charge in [0.05, 0.1) is 6.33 Å². The van der Waals surface area contributed by atoms with E-state index in [0.717, 1.165) is 32.6 Å². The first-order valence-corrected chi connectivity index (χ1v) is 7.68. The molecule has 21 heavy (non-hydrogen) atoms. The number of hydrogen-bond donors (Lipinski definition) is 1. The molecular weight excluding hydrogens is 260 g/mol. The molecule has 0 radical (unpaired) electrons. The lowest BCUT2D eigenvalue weighted by Gasteiger charge is -2.32. The minimum absolute atomic E-state index is 0.133. The first-order valence-electron chi connectivity index (χ1n) is 7.68. The van der Waals surface area contributed by atoms with Gasteiger partial charge in [0, 0.05) is 49.8 Å². The summed E-state index contributed by atoms with van der Waals surface area (Å²) in [5.41, 5.74) is 2.90. The summed E-state index contributed by atoms with van der Waals surface area (Å²) in [4.78, 5) is 6.62. The molecule has 0 unspecified atom stereocenters. The second-order valence-corrected chi connectivity index (χ2v) is 6.44. The smallest absolute Gasteiger partial charge is 0.0945 e. The number of fused-ring (bicyclic) bond motifs is 1. The Morgan fingerprint density at radius 3 is 2.90 bits per heavy atom. The summed E-state index contributed by atoms with van der Waals surface area (Å²) in [6, 6.07) is 8.74. The van der Waals surface area contributed by atoms with Gasteiger partial charge in [0.1, 0.15) is 0 Å². The van der Waals surface area contributed by atoms with Gasteiger partial charge in [-0.3, -0.25) is 0 Å². The van der Waals surface area contributed by atoms with Crippen molar-refractivity contribution in [3.05, 3.63) is 48.5 Å². The second-order valence-electron chi connectivity index (χ2n) is 6.44. The summed E-state index contributed by atoms with van der Waals surface area (Å²) >= 11 is 0. The molecule has 0 bridgehead atoms. The molecule has 0 saturated carbocycles. The van der Waals surface area contributed by atoms with E-state index in [1.807, 2.05) is 18.7 Å². The summed E-state index contributed by atoms with van der Waals surface area (Å²) in [6.45, 7) is 8.63. The van der Waals surface area contributed by atoms with Crippen LogP contribution in [0, 0.1) is 0 Å². The molecule has 0 spiro atoms. The van der Waals surface area contributed by atoms with Gasteiger partial charge in [-0.15, -0.1) is 0 Å². The topological polar surface area (TPSA) is 33.1 Å². The highest BCUT2D eigenvalue weighted by molar-refractivity contribution is 5.55. The van der Waals surface area contributed by atoms with E-state index in [0.29, 0.717) is 0 Å². The van der Waals surface area contributed by atoms with Crippen LogP contribution >= 0.6 is 0 Å². The van der Waals surface area contributed by atoms with Gasteiger partial charge in [0.15, 0.2) is 0 Å². The van der Waals surface area contributed by atoms with Crippen LogP contribution in [0.2, 0.25) is 0 Å². The fourth-order valence-electron chi connectivity index (χ4n) is 2.98. The van der Waals surface area contributed by atoms with Crippen LogP contribution in [0.4, 0.5) is 5.69 Å². The quantitative estimate of drug-likeness (QED) is 0.937. The Labute approximate surface area is 126 Å². The fraction of sp³-hybridized carbons (Fsp3) is 0.471. The first-order chi connectivity index (χ1) is 10.1. The lowest BCUT2D eigenvalue weighted by molar-refractivity contribution is 0.393. The third kappa shape index (κ3) is 3.45. The molecule has 112 valence electrons. The van der Waals surface area contributed by atoms with Gasteiger partial charge < -0.3 is 14.8 Å². The molecule has 1 aliphatic heterocycles. The number of aryl methyl sites for hydroxylation is 1. The van der Waals surface area contributed by atoms with Crippen molar-refractivity contribution in [2.24, 2.45) is 0 Å². The van der Waals surface area contributed by atoms with Gasteiger partial charge in [0.25, 0.3) is 0 Å². The van der Waals surface area contributed by atoms with Gasteiger partial charge in [-0.2, -0.15) is 0 Å². The van der Waals surface area contributed by atoms with Gasteiger partial charge >= 0.3 is 0 Å². The van der Waals surface area contributed by atoms with E-state index in [2.05, 4.69) is 57.9 Å². The Hall–Kier alpha value is -1.81. The standard InChI is InChI=1S/C17H24N4/c1-17(2)13-21(10-5-9-20-11-8-18-14-20)16-7-4-3-6-15(16)12-19-17/h3-4,6-8,11,14,19H,5,9-10,12-13H2,1-2H3. The van der Waals surface area contributed by atoms with Crippen LogP contribution in [0.25, 0.3) is 0 Å². The van der Waals surface area contributed by atoms with Gasteiger partial charge in [-0.1, -0.05) is 18.2 Å². The third-order valence-electron chi connectivity index (χ3n) is 4.08. The zero-order chi connectivity index (χ0) is 14.7. The van der Waals surface area contributed by atoms with E-state index in [-0.39, 0.29) is 5.54 Å². The van der Waals surface area contributed by atoms with E-state index < -0.39 is 0 Å². The predicted octanol–water partition coefficient (Wildman–Crippen LogP) is 2.66. The van der Waals surface area contributed by atoms with Crippen molar-refractivity contribution >= 4 is 5.69 Å². The number of nitrogens with zero attached hydrogens (tertiary/aromatic N) is 3. The number of para-hydroxylation sites is 1. The molecule has 1 aromatic heterocycles. The van der Waals surface area contributed by atoms with Crippen molar-refractivity contribution < 1.29 is 0 Å². The summed E-state index contributed by atoms with van der Waals surface area (Å²) in [6.07, 6.45) is 6.89. The Morgan fingerprint density at radius 2 is 2.10 bits per heavy atom. The van der Waals surface area contributed by atoms with Gasteiger partial charge in [0.2, 0.25) is 0 Å². The van der Waals surface area contributed by atoms with E-state index in [4.69, 9.17) is 0 Å². The first kappa shape index (κ1) is 14.1. The van der Waals surface area contributed by atoms with Crippen molar-refractivity contribution in [3.63, 3.8) is 0 Å². The van der Waals surface area contributed by atoms with Crippen molar-refractivity contribution in [2.45, 2.75) is 38.9 Å². The molecule has 1 aliphatic rings. The normalized spacial score (nSPS) is 17.3. The lowest BCUT2D eigenvalue weighted by atomic mass is 10.1. The van der Waals surface area contributed by atoms with Crippen LogP contribution in [0.15, 0.2) is 43.0 Å². The zero-order valence-electron chi connectivity index (χ0n) is 12.9. The van der Waals surface area contributed by atoms with E-state index in [1.165, 1.54) is 11.3 Å². The highest BCUT2D eigenvalue weighted by Gasteiger charge is 2.26. The number of hydrogen-bond acceptors (Lipinski definition) is 3. The van der Waals surface area contributed by atoms with Crippen LogP contribution in [0.3, 0.4) is 0 Å². The summed E-state index contributed by atoms with van der Waals surface area (Å²) in [5.74, 6) is 0. The number of benzene rings is 1. The molecule has 4 nitrogen and oxygen atoms in total. The molecule has 0 atom stereocenters. The molecule has 4 heteroatoms. The number of aromatic nitrogens is 2. The average Bonchev–Trinajstić information content (AvgIpc) is 2.93. The number of anilines is 1. The molecule has 0 fully saturated rings. The van der Waals surface area contributed by atoms with Crippen LogP contribution in [0.5, 0.6) is 0 Å². The second kappa shape index (κ2) is 5.90. The summed E-state index contributed by atoms with van der Waals surface area (Å²) < 4.78 is 2.15. The van der Waals surface area contributed by atoms with E-state index >= 15 is 0 Å². The Morgan fingerprint density at radius 1 is 1.24 bits per heavy atom. The maximum Gasteiger partial charge on any atom is 0.0945 e. The van der Waals surface area contributed by atoms with Gasteiger partial charge in [-0.25, -0.2) is 4.98 Å².